The topological polar surface area (TPSA) is 50.9 Å². The minimum absolute atomic E-state index is 0.277. The third-order valence-corrected chi connectivity index (χ3v) is 4.12. The SMILES string of the molecule is CC(C)n1c(-c2ccc(I)c(O)c2)nc2cnccc21. The van der Waals surface area contributed by atoms with Crippen LogP contribution in [0.1, 0.15) is 19.9 Å². The second kappa shape index (κ2) is 5.05. The standard InChI is InChI=1S/C15H14IN3O/c1-9(2)19-13-5-6-17-8-12(13)18-15(19)10-3-4-11(16)14(20)7-10/h3-9,20H,1-2H3. The molecule has 1 aromatic carbocycles. The van der Waals surface area contributed by atoms with Gasteiger partial charge in [0.05, 0.1) is 15.3 Å². The largest absolute Gasteiger partial charge is 0.507 e. The van der Waals surface area contributed by atoms with Gasteiger partial charge in [-0.1, -0.05) is 0 Å². The molecular weight excluding hydrogens is 365 g/mol. The maximum Gasteiger partial charge on any atom is 0.141 e. The van der Waals surface area contributed by atoms with Crippen molar-refractivity contribution in [2.75, 3.05) is 0 Å². The lowest BCUT2D eigenvalue weighted by molar-refractivity contribution is 0.471. The van der Waals surface area contributed by atoms with Crippen LogP contribution in [0.3, 0.4) is 0 Å². The summed E-state index contributed by atoms with van der Waals surface area (Å²) in [5, 5.41) is 9.91. The third-order valence-electron chi connectivity index (χ3n) is 3.21. The molecule has 2 heterocycles. The average Bonchev–Trinajstić information content (AvgIpc) is 2.81. The van der Waals surface area contributed by atoms with Gasteiger partial charge in [0.25, 0.3) is 0 Å². The molecule has 0 aliphatic carbocycles. The van der Waals surface area contributed by atoms with E-state index in [0.717, 1.165) is 26.0 Å². The number of phenolic OH excluding ortho intramolecular Hbond substituents is 1. The average molecular weight is 379 g/mol. The fourth-order valence-corrected chi connectivity index (χ4v) is 2.66. The number of hydrogen-bond acceptors (Lipinski definition) is 3. The van der Waals surface area contributed by atoms with Crippen LogP contribution < -0.4 is 0 Å². The highest BCUT2D eigenvalue weighted by Crippen LogP contribution is 2.31. The highest BCUT2D eigenvalue weighted by atomic mass is 127. The first-order valence-electron chi connectivity index (χ1n) is 6.39. The quantitative estimate of drug-likeness (QED) is 0.685. The molecule has 102 valence electrons. The highest BCUT2D eigenvalue weighted by Gasteiger charge is 2.15. The molecule has 0 radical (unpaired) electrons. The lowest BCUT2D eigenvalue weighted by Gasteiger charge is -2.13. The number of hydrogen-bond donors (Lipinski definition) is 1. The van der Waals surface area contributed by atoms with E-state index in [2.05, 4.69) is 51.0 Å². The van der Waals surface area contributed by atoms with E-state index in [1.165, 1.54) is 0 Å². The summed E-state index contributed by atoms with van der Waals surface area (Å²) in [5.74, 6) is 1.14. The second-order valence-corrected chi connectivity index (χ2v) is 6.09. The predicted octanol–water partition coefficient (Wildman–Crippen LogP) is 3.99. The Morgan fingerprint density at radius 1 is 1.25 bits per heavy atom. The molecule has 20 heavy (non-hydrogen) atoms. The summed E-state index contributed by atoms with van der Waals surface area (Å²) in [6, 6.07) is 7.88. The van der Waals surface area contributed by atoms with Gasteiger partial charge in [-0.05, 0) is 60.7 Å². The minimum Gasteiger partial charge on any atom is -0.507 e. The Kier molecular flexibility index (Phi) is 3.37. The molecule has 0 saturated heterocycles. The van der Waals surface area contributed by atoms with Crippen molar-refractivity contribution in [3.05, 3.63) is 40.2 Å². The molecule has 0 atom stereocenters. The molecule has 0 aliphatic heterocycles. The van der Waals surface area contributed by atoms with Gasteiger partial charge in [-0.3, -0.25) is 4.98 Å². The molecule has 3 rings (SSSR count). The van der Waals surface area contributed by atoms with Crippen molar-refractivity contribution in [1.82, 2.24) is 14.5 Å². The van der Waals surface area contributed by atoms with Gasteiger partial charge in [0.1, 0.15) is 17.1 Å². The summed E-state index contributed by atoms with van der Waals surface area (Å²) < 4.78 is 3.00. The molecule has 4 nitrogen and oxygen atoms in total. The van der Waals surface area contributed by atoms with Crippen LogP contribution in [0.5, 0.6) is 5.75 Å². The smallest absolute Gasteiger partial charge is 0.141 e. The Morgan fingerprint density at radius 3 is 2.75 bits per heavy atom. The summed E-state index contributed by atoms with van der Waals surface area (Å²) in [4.78, 5) is 8.79. The normalized spacial score (nSPS) is 11.4. The van der Waals surface area contributed by atoms with Crippen LogP contribution >= 0.6 is 22.6 Å². The van der Waals surface area contributed by atoms with Crippen LogP contribution in [-0.4, -0.2) is 19.6 Å². The number of aromatic hydroxyl groups is 1. The number of imidazole rings is 1. The van der Waals surface area contributed by atoms with E-state index in [0.29, 0.717) is 0 Å². The fourth-order valence-electron chi connectivity index (χ4n) is 2.33. The highest BCUT2D eigenvalue weighted by molar-refractivity contribution is 14.1. The maximum atomic E-state index is 9.91. The van der Waals surface area contributed by atoms with Crippen LogP contribution in [-0.2, 0) is 0 Å². The van der Waals surface area contributed by atoms with Crippen LogP contribution in [0.2, 0.25) is 0 Å². The lowest BCUT2D eigenvalue weighted by atomic mass is 10.2. The fraction of sp³-hybridized carbons (Fsp3) is 0.200. The molecule has 0 bridgehead atoms. The van der Waals surface area contributed by atoms with Crippen molar-refractivity contribution < 1.29 is 5.11 Å². The van der Waals surface area contributed by atoms with Crippen LogP contribution in [0.15, 0.2) is 36.7 Å². The molecule has 0 fully saturated rings. The van der Waals surface area contributed by atoms with E-state index in [-0.39, 0.29) is 11.8 Å². The third kappa shape index (κ3) is 2.15. The van der Waals surface area contributed by atoms with Crippen LogP contribution in [0, 0.1) is 3.57 Å². The van der Waals surface area contributed by atoms with Crippen molar-refractivity contribution in [2.24, 2.45) is 0 Å². The van der Waals surface area contributed by atoms with Gasteiger partial charge in [-0.25, -0.2) is 4.98 Å². The van der Waals surface area contributed by atoms with Crippen molar-refractivity contribution in [1.29, 1.82) is 0 Å². The van der Waals surface area contributed by atoms with Crippen molar-refractivity contribution in [3.63, 3.8) is 0 Å². The molecule has 0 saturated carbocycles. The Bertz CT molecular complexity index is 780. The molecule has 2 aromatic heterocycles. The zero-order valence-electron chi connectivity index (χ0n) is 11.2. The Balaban J connectivity index is 2.29. The summed E-state index contributed by atoms with van der Waals surface area (Å²) in [6.45, 7) is 4.25. The summed E-state index contributed by atoms with van der Waals surface area (Å²) >= 11 is 2.11. The number of phenols is 1. The molecule has 5 heteroatoms. The Morgan fingerprint density at radius 2 is 2.05 bits per heavy atom. The predicted molar refractivity (Wildman–Crippen MR) is 87.7 cm³/mol. The van der Waals surface area contributed by atoms with E-state index in [1.807, 2.05) is 18.2 Å². The van der Waals surface area contributed by atoms with Crippen LogP contribution in [0.4, 0.5) is 0 Å². The van der Waals surface area contributed by atoms with E-state index >= 15 is 0 Å². The number of halogens is 1. The Hall–Kier alpha value is -1.63. The van der Waals surface area contributed by atoms with E-state index in [4.69, 9.17) is 0 Å². The maximum absolute atomic E-state index is 9.91. The summed E-state index contributed by atoms with van der Waals surface area (Å²) in [5.41, 5.74) is 2.84. The molecule has 0 amide bonds. The van der Waals surface area contributed by atoms with Gasteiger partial charge >= 0.3 is 0 Å². The Labute approximate surface area is 130 Å². The van der Waals surface area contributed by atoms with Crippen molar-refractivity contribution in [2.45, 2.75) is 19.9 Å². The first kappa shape index (κ1) is 13.4. The molecule has 0 spiro atoms. The van der Waals surface area contributed by atoms with Gasteiger partial charge in [0.2, 0.25) is 0 Å². The van der Waals surface area contributed by atoms with Gasteiger partial charge < -0.3 is 9.67 Å². The molecule has 1 N–H and O–H groups in total. The second-order valence-electron chi connectivity index (χ2n) is 4.93. The summed E-state index contributed by atoms with van der Waals surface area (Å²) in [6.07, 6.45) is 3.54. The van der Waals surface area contributed by atoms with E-state index < -0.39 is 0 Å². The first-order valence-corrected chi connectivity index (χ1v) is 7.46. The first-order chi connectivity index (χ1) is 9.58. The molecule has 0 unspecified atom stereocenters. The summed E-state index contributed by atoms with van der Waals surface area (Å²) in [7, 11) is 0. The van der Waals surface area contributed by atoms with Crippen molar-refractivity contribution >= 4 is 33.6 Å². The molecule has 3 aromatic rings. The van der Waals surface area contributed by atoms with Gasteiger partial charge in [-0.15, -0.1) is 0 Å². The van der Waals surface area contributed by atoms with Crippen molar-refractivity contribution in [3.8, 4) is 17.1 Å². The molecular formula is C15H14IN3O. The van der Waals surface area contributed by atoms with Crippen LogP contribution in [0.25, 0.3) is 22.4 Å². The number of rotatable bonds is 2. The number of benzene rings is 1. The lowest BCUT2D eigenvalue weighted by Crippen LogP contribution is -2.03. The zero-order valence-corrected chi connectivity index (χ0v) is 13.4. The molecule has 0 aliphatic rings. The monoisotopic (exact) mass is 379 g/mol. The number of pyridine rings is 1. The van der Waals surface area contributed by atoms with Gasteiger partial charge in [0, 0.05) is 17.8 Å². The zero-order chi connectivity index (χ0) is 14.3. The van der Waals surface area contributed by atoms with Gasteiger partial charge in [-0.2, -0.15) is 0 Å². The number of fused-ring (bicyclic) bond motifs is 1. The number of nitrogens with zero attached hydrogens (tertiary/aromatic N) is 3. The number of aromatic nitrogens is 3. The van der Waals surface area contributed by atoms with E-state index in [9.17, 15) is 5.11 Å². The minimum atomic E-state index is 0.277. The van der Waals surface area contributed by atoms with Gasteiger partial charge in [0.15, 0.2) is 0 Å². The van der Waals surface area contributed by atoms with E-state index in [1.54, 1.807) is 18.5 Å².